The van der Waals surface area contributed by atoms with Crippen molar-refractivity contribution in [3.05, 3.63) is 67.0 Å². The predicted octanol–water partition coefficient (Wildman–Crippen LogP) is 2.46. The van der Waals surface area contributed by atoms with Crippen LogP contribution in [0.2, 0.25) is 0 Å². The van der Waals surface area contributed by atoms with Crippen LogP contribution >= 0.6 is 0 Å². The fourth-order valence-corrected chi connectivity index (χ4v) is 3.37. The molecule has 0 N–H and O–H groups in total. The maximum Gasteiger partial charge on any atom is 0.225 e. The fourth-order valence-electron chi connectivity index (χ4n) is 3.37. The van der Waals surface area contributed by atoms with Crippen LogP contribution in [0.15, 0.2) is 61.4 Å². The van der Waals surface area contributed by atoms with Crippen molar-refractivity contribution >= 4 is 5.95 Å². The number of ether oxygens (including phenoxy) is 1. The molecule has 3 aromatic rings. The van der Waals surface area contributed by atoms with E-state index in [0.717, 1.165) is 57.4 Å². The second-order valence-corrected chi connectivity index (χ2v) is 6.96. The van der Waals surface area contributed by atoms with Gasteiger partial charge in [-0.3, -0.25) is 4.90 Å². The number of hydrogen-bond acceptors (Lipinski definition) is 6. The van der Waals surface area contributed by atoms with Gasteiger partial charge in [-0.25, -0.2) is 15.0 Å². The Hall–Kier alpha value is -2.93. The zero-order valence-electron chi connectivity index (χ0n) is 16.0. The zero-order valence-corrected chi connectivity index (χ0v) is 16.0. The number of anilines is 1. The van der Waals surface area contributed by atoms with E-state index in [0.29, 0.717) is 6.61 Å². The van der Waals surface area contributed by atoms with Crippen molar-refractivity contribution in [3.63, 3.8) is 0 Å². The molecule has 0 saturated carbocycles. The molecule has 2 aromatic heterocycles. The van der Waals surface area contributed by atoms with Crippen LogP contribution in [0.25, 0.3) is 0 Å². The summed E-state index contributed by atoms with van der Waals surface area (Å²) in [6, 6.07) is 10.3. The molecule has 0 unspecified atom stereocenters. The highest BCUT2D eigenvalue weighted by Crippen LogP contribution is 2.16. The first-order chi connectivity index (χ1) is 13.9. The van der Waals surface area contributed by atoms with Crippen molar-refractivity contribution in [2.24, 2.45) is 0 Å². The molecule has 0 aliphatic carbocycles. The highest BCUT2D eigenvalue weighted by atomic mass is 16.5. The van der Waals surface area contributed by atoms with E-state index in [1.807, 2.05) is 18.6 Å². The average molecular weight is 378 g/mol. The second-order valence-electron chi connectivity index (χ2n) is 6.96. The van der Waals surface area contributed by atoms with Crippen molar-refractivity contribution in [3.8, 4) is 5.75 Å². The van der Waals surface area contributed by atoms with Crippen molar-refractivity contribution in [2.75, 3.05) is 37.7 Å². The number of imidazole rings is 1. The summed E-state index contributed by atoms with van der Waals surface area (Å²) in [6.45, 7) is 6.56. The third-order valence-corrected chi connectivity index (χ3v) is 4.93. The Labute approximate surface area is 165 Å². The number of aryl methyl sites for hydroxylation is 1. The van der Waals surface area contributed by atoms with E-state index < -0.39 is 0 Å². The monoisotopic (exact) mass is 378 g/mol. The Morgan fingerprint density at radius 3 is 2.43 bits per heavy atom. The lowest BCUT2D eigenvalue weighted by Crippen LogP contribution is -2.46. The molecule has 0 atom stereocenters. The van der Waals surface area contributed by atoms with E-state index >= 15 is 0 Å². The molecule has 0 spiro atoms. The first kappa shape index (κ1) is 18.4. The van der Waals surface area contributed by atoms with E-state index in [1.54, 1.807) is 18.6 Å². The van der Waals surface area contributed by atoms with Gasteiger partial charge in [-0.15, -0.1) is 0 Å². The smallest absolute Gasteiger partial charge is 0.225 e. The quantitative estimate of drug-likeness (QED) is 0.561. The van der Waals surface area contributed by atoms with Gasteiger partial charge in [0.05, 0.1) is 12.9 Å². The molecule has 0 bridgehead atoms. The third kappa shape index (κ3) is 5.07. The van der Waals surface area contributed by atoms with Crippen LogP contribution in [-0.2, 0) is 13.1 Å². The Kier molecular flexibility index (Phi) is 6.14. The molecular formula is C21H26N6O. The van der Waals surface area contributed by atoms with E-state index in [4.69, 9.17) is 4.74 Å². The van der Waals surface area contributed by atoms with E-state index in [9.17, 15) is 0 Å². The van der Waals surface area contributed by atoms with Crippen molar-refractivity contribution in [2.45, 2.75) is 19.5 Å². The van der Waals surface area contributed by atoms with E-state index in [1.165, 1.54) is 5.56 Å². The summed E-state index contributed by atoms with van der Waals surface area (Å²) in [5.41, 5.74) is 1.31. The first-order valence-corrected chi connectivity index (χ1v) is 9.79. The van der Waals surface area contributed by atoms with Gasteiger partial charge >= 0.3 is 0 Å². The molecule has 0 amide bonds. The Bertz CT molecular complexity index is 814. The minimum Gasteiger partial charge on any atom is -0.494 e. The maximum absolute atomic E-state index is 5.84. The SMILES string of the molecule is c1cnc(N2CCN(Cc3ccc(OCCCn4ccnc4)cc3)CC2)nc1. The van der Waals surface area contributed by atoms with Gasteiger partial charge in [-0.1, -0.05) is 12.1 Å². The molecule has 1 saturated heterocycles. The number of benzene rings is 1. The van der Waals surface area contributed by atoms with Crippen LogP contribution in [0.1, 0.15) is 12.0 Å². The topological polar surface area (TPSA) is 59.3 Å². The molecular weight excluding hydrogens is 352 g/mol. The van der Waals surface area contributed by atoms with Crippen LogP contribution in [0, 0.1) is 0 Å². The minimum atomic E-state index is 0.709. The van der Waals surface area contributed by atoms with Gasteiger partial charge in [-0.05, 0) is 30.2 Å². The van der Waals surface area contributed by atoms with Gasteiger partial charge in [0.15, 0.2) is 0 Å². The number of rotatable bonds is 8. The fraction of sp³-hybridized carbons (Fsp3) is 0.381. The number of hydrogen-bond donors (Lipinski definition) is 0. The molecule has 1 fully saturated rings. The summed E-state index contributed by atoms with van der Waals surface area (Å²) in [6.07, 6.45) is 10.2. The summed E-state index contributed by atoms with van der Waals surface area (Å²) in [4.78, 5) is 17.5. The van der Waals surface area contributed by atoms with Gasteiger partial charge in [-0.2, -0.15) is 0 Å². The molecule has 1 aliphatic rings. The number of nitrogens with zero attached hydrogens (tertiary/aromatic N) is 6. The van der Waals surface area contributed by atoms with E-state index in [2.05, 4.69) is 53.6 Å². The Morgan fingerprint density at radius 1 is 0.929 bits per heavy atom. The van der Waals surface area contributed by atoms with E-state index in [-0.39, 0.29) is 0 Å². The number of aromatic nitrogens is 4. The van der Waals surface area contributed by atoms with Crippen LogP contribution < -0.4 is 9.64 Å². The minimum absolute atomic E-state index is 0.709. The van der Waals surface area contributed by atoms with Crippen molar-refractivity contribution in [1.82, 2.24) is 24.4 Å². The average Bonchev–Trinajstić information content (AvgIpc) is 3.27. The predicted molar refractivity (Wildman–Crippen MR) is 108 cm³/mol. The zero-order chi connectivity index (χ0) is 19.0. The normalized spacial score (nSPS) is 14.9. The van der Waals surface area contributed by atoms with Crippen LogP contribution in [0.3, 0.4) is 0 Å². The largest absolute Gasteiger partial charge is 0.494 e. The summed E-state index contributed by atoms with van der Waals surface area (Å²) in [5, 5.41) is 0. The van der Waals surface area contributed by atoms with Crippen LogP contribution in [-0.4, -0.2) is 57.2 Å². The third-order valence-electron chi connectivity index (χ3n) is 4.93. The maximum atomic E-state index is 5.84. The number of piperazine rings is 1. The standard InChI is InChI=1S/C21H26N6O/c1-7-23-21(24-8-1)27-14-12-25(13-15-27)17-19-3-5-20(6-4-19)28-16-2-10-26-11-9-22-18-26/h1,3-9,11,18H,2,10,12-17H2. The molecule has 7 nitrogen and oxygen atoms in total. The highest BCUT2D eigenvalue weighted by Gasteiger charge is 2.18. The molecule has 3 heterocycles. The van der Waals surface area contributed by atoms with Gasteiger partial charge < -0.3 is 14.2 Å². The van der Waals surface area contributed by atoms with Gasteiger partial charge in [0.2, 0.25) is 5.95 Å². The lowest BCUT2D eigenvalue weighted by Gasteiger charge is -2.34. The summed E-state index contributed by atoms with van der Waals surface area (Å²) < 4.78 is 7.91. The lowest BCUT2D eigenvalue weighted by atomic mass is 10.2. The molecule has 28 heavy (non-hydrogen) atoms. The summed E-state index contributed by atoms with van der Waals surface area (Å²) in [7, 11) is 0. The van der Waals surface area contributed by atoms with Gasteiger partial charge in [0, 0.05) is 64.1 Å². The highest BCUT2D eigenvalue weighted by molar-refractivity contribution is 5.30. The van der Waals surface area contributed by atoms with Crippen molar-refractivity contribution in [1.29, 1.82) is 0 Å². The molecule has 0 radical (unpaired) electrons. The van der Waals surface area contributed by atoms with Crippen molar-refractivity contribution < 1.29 is 4.74 Å². The molecule has 146 valence electrons. The van der Waals surface area contributed by atoms with Gasteiger partial charge in [0.1, 0.15) is 5.75 Å². The summed E-state index contributed by atoms with van der Waals surface area (Å²) in [5.74, 6) is 1.76. The Morgan fingerprint density at radius 2 is 1.71 bits per heavy atom. The molecule has 1 aromatic carbocycles. The van der Waals surface area contributed by atoms with Crippen LogP contribution in [0.4, 0.5) is 5.95 Å². The van der Waals surface area contributed by atoms with Crippen LogP contribution in [0.5, 0.6) is 5.75 Å². The Balaban J connectivity index is 1.18. The molecule has 4 rings (SSSR count). The van der Waals surface area contributed by atoms with Gasteiger partial charge in [0.25, 0.3) is 0 Å². The second kappa shape index (κ2) is 9.32. The molecule has 1 aliphatic heterocycles. The lowest BCUT2D eigenvalue weighted by molar-refractivity contribution is 0.248. The summed E-state index contributed by atoms with van der Waals surface area (Å²) >= 11 is 0. The molecule has 7 heteroatoms. The first-order valence-electron chi connectivity index (χ1n) is 9.79.